The summed E-state index contributed by atoms with van der Waals surface area (Å²) in [7, 11) is 0. The van der Waals surface area contributed by atoms with E-state index < -0.39 is 84.6 Å². The summed E-state index contributed by atoms with van der Waals surface area (Å²) in [5.41, 5.74) is 0.916. The van der Waals surface area contributed by atoms with E-state index >= 15 is 0 Å². The van der Waals surface area contributed by atoms with E-state index in [4.69, 9.17) is 14.2 Å². The molecule has 3 aromatic rings. The molecule has 6 rings (SSSR count). The minimum absolute atomic E-state index is 0.00334. The summed E-state index contributed by atoms with van der Waals surface area (Å²) < 4.78 is 18.2. The zero-order valence-electron chi connectivity index (χ0n) is 42.0. The molecule has 2 fully saturated rings. The van der Waals surface area contributed by atoms with E-state index in [9.17, 15) is 63.9 Å². The van der Waals surface area contributed by atoms with Crippen LogP contribution in [-0.2, 0) is 44.8 Å². The molecule has 0 radical (unpaired) electrons. The Hall–Kier alpha value is -7.53. The Bertz CT molecular complexity index is 2620. The van der Waals surface area contributed by atoms with Gasteiger partial charge in [0.25, 0.3) is 17.7 Å². The van der Waals surface area contributed by atoms with Crippen molar-refractivity contribution in [1.29, 1.82) is 0 Å². The fraction of sp³-hybridized carbons (Fsp3) is 0.453. The van der Waals surface area contributed by atoms with Crippen LogP contribution in [0.1, 0.15) is 93.6 Å². The fourth-order valence-corrected chi connectivity index (χ4v) is 8.67. The number of carboxylic acids is 1. The second kappa shape index (κ2) is 26.1. The van der Waals surface area contributed by atoms with Crippen molar-refractivity contribution in [3.63, 3.8) is 0 Å². The smallest absolute Gasteiger partial charge is 0.407 e. The maximum Gasteiger partial charge on any atom is 0.407 e. The van der Waals surface area contributed by atoms with Crippen LogP contribution < -0.4 is 25.3 Å². The number of ether oxygens (including phenoxy) is 3. The number of carbonyl (C=O) groups excluding carboxylic acids is 7. The van der Waals surface area contributed by atoms with Crippen molar-refractivity contribution < 1.29 is 82.7 Å². The van der Waals surface area contributed by atoms with Crippen LogP contribution >= 0.6 is 0 Å². The number of likely N-dealkylation sites (tertiary alicyclic amines) is 1. The number of pyridine rings is 1. The number of aromatic hydroxyl groups is 1. The Balaban J connectivity index is 1.04. The first-order valence-corrected chi connectivity index (χ1v) is 24.8. The van der Waals surface area contributed by atoms with Gasteiger partial charge in [-0.05, 0) is 101 Å². The van der Waals surface area contributed by atoms with Gasteiger partial charge in [0.1, 0.15) is 41.5 Å². The van der Waals surface area contributed by atoms with Gasteiger partial charge in [-0.25, -0.2) is 14.2 Å². The predicted molar refractivity (Wildman–Crippen MR) is 266 cm³/mol. The number of nitrogens with one attached hydrogen (secondary N) is 3. The van der Waals surface area contributed by atoms with Crippen molar-refractivity contribution in [2.45, 2.75) is 121 Å². The number of nitrogens with zero attached hydrogens (tertiary/aromatic N) is 3. The highest BCUT2D eigenvalue weighted by Gasteiger charge is 2.48. The number of aliphatic carboxylic acids is 1. The molecule has 75 heavy (non-hydrogen) atoms. The van der Waals surface area contributed by atoms with Crippen molar-refractivity contribution in [3.8, 4) is 11.5 Å². The zero-order chi connectivity index (χ0) is 54.4. The normalized spacial score (nSPS) is 20.4. The van der Waals surface area contributed by atoms with Gasteiger partial charge in [0.15, 0.2) is 30.8 Å². The molecule has 0 spiro atoms. The Labute approximate surface area is 432 Å². The topological polar surface area (TPSA) is 312 Å². The Morgan fingerprint density at radius 1 is 0.880 bits per heavy atom. The number of phenols is 1. The van der Waals surface area contributed by atoms with Crippen molar-refractivity contribution in [1.82, 2.24) is 20.4 Å². The van der Waals surface area contributed by atoms with E-state index in [0.717, 1.165) is 56.2 Å². The monoisotopic (exact) mass is 1040 g/mol. The maximum absolute atomic E-state index is 13.5. The van der Waals surface area contributed by atoms with Crippen molar-refractivity contribution in [2.75, 3.05) is 31.5 Å². The van der Waals surface area contributed by atoms with Gasteiger partial charge >= 0.3 is 12.1 Å². The number of alkyl carbamates (subject to hydrolysis) is 1. The van der Waals surface area contributed by atoms with Crippen LogP contribution in [0.2, 0.25) is 0 Å². The lowest BCUT2D eigenvalue weighted by atomic mass is 9.90. The van der Waals surface area contributed by atoms with Crippen LogP contribution in [0.4, 0.5) is 10.5 Å². The molecule has 1 aromatic heterocycles. The number of imide groups is 1. The van der Waals surface area contributed by atoms with Crippen LogP contribution in [0.15, 0.2) is 85.2 Å². The number of unbranched alkanes of at least 4 members (excludes halogenated alkanes) is 2. The molecule has 6 amide bonds. The first-order valence-electron chi connectivity index (χ1n) is 24.8. The number of aromatic nitrogens is 1. The molecular formula is C53H65N6O16+. The highest BCUT2D eigenvalue weighted by atomic mass is 16.7. The Morgan fingerprint density at radius 3 is 2.31 bits per heavy atom. The number of ketones is 1. The number of benzene rings is 2. The third-order valence-corrected chi connectivity index (χ3v) is 12.6. The van der Waals surface area contributed by atoms with Gasteiger partial charge in [0, 0.05) is 67.4 Å². The highest BCUT2D eigenvalue weighted by Crippen LogP contribution is 2.31. The van der Waals surface area contributed by atoms with Crippen LogP contribution in [0.25, 0.3) is 6.08 Å². The largest absolute Gasteiger partial charge is 0.508 e. The lowest BCUT2D eigenvalue weighted by Crippen LogP contribution is -2.61. The summed E-state index contributed by atoms with van der Waals surface area (Å²) in [5, 5.41) is 58.2. The number of carbonyl (C=O) groups is 8. The van der Waals surface area contributed by atoms with Crippen LogP contribution in [0.5, 0.6) is 11.5 Å². The molecule has 0 saturated carbocycles. The number of allylic oxidation sites excluding steroid dienone is 1. The number of aliphatic hydroxyl groups is 3. The average molecular weight is 1040 g/mol. The SMILES string of the molecule is CC(C)(C)OC(=O)NC[C@@H](C(=O)NCCC(=O)Nc1cc(C[n+]2cccc(/C=C/C(=O)CCCCCC3CCN(C(=O)c4cccc(O)c4)CC3)c2)ccc1O[C@@H]1O[C@H](C(=O)O)[C@@H](O)[C@H](O)[C@H]1O)N1C(=O)C=CC1=O. The number of hydrogen-bond donors (Lipinski definition) is 8. The fourth-order valence-electron chi connectivity index (χ4n) is 8.67. The van der Waals surface area contributed by atoms with Crippen LogP contribution in [0.3, 0.4) is 0 Å². The first-order chi connectivity index (χ1) is 35.6. The molecule has 0 bridgehead atoms. The molecule has 3 aliphatic heterocycles. The Kier molecular flexibility index (Phi) is 19.8. The van der Waals surface area contributed by atoms with E-state index in [1.165, 1.54) is 30.3 Å². The average Bonchev–Trinajstić information content (AvgIpc) is 3.69. The summed E-state index contributed by atoms with van der Waals surface area (Å²) in [4.78, 5) is 104. The number of amides is 6. The number of hydrogen-bond acceptors (Lipinski definition) is 15. The summed E-state index contributed by atoms with van der Waals surface area (Å²) in [6.45, 7) is 5.60. The minimum Gasteiger partial charge on any atom is -0.508 e. The van der Waals surface area contributed by atoms with E-state index in [-0.39, 0.29) is 48.4 Å². The zero-order valence-corrected chi connectivity index (χ0v) is 42.0. The standard InChI is InChI=1S/C53H64N6O16/c1-53(2,3)75-52(72)55-29-39(59-42(63)18-19-43(59)64)48(68)54-23-20-41(62)56-38-27-34(15-17-40(38)73-51-46(67)44(65)45(66)47(74-51)50(70)71)31-57-24-8-10-33(30-57)14-16-36(60)12-6-4-5-9-32-21-25-58(26-22-32)49(69)35-11-7-13-37(61)28-35/h7-8,10-11,13-19,24,27-28,30,32,39,44-47,51,65-67H,4-6,9,12,20-23,25-26,29,31H2,1-3H3,(H4-,54,55,56,61,62,68,70,71,72)/p+1/b16-14+/t39-,44-,45-,46+,47-,51+/m0/s1. The molecule has 3 aliphatic rings. The second-order valence-corrected chi connectivity index (χ2v) is 19.5. The van der Waals surface area contributed by atoms with Crippen molar-refractivity contribution in [3.05, 3.63) is 102 Å². The van der Waals surface area contributed by atoms with Gasteiger partial charge in [0.2, 0.25) is 18.1 Å². The van der Waals surface area contributed by atoms with E-state index in [2.05, 4.69) is 16.0 Å². The minimum atomic E-state index is -1.99. The van der Waals surface area contributed by atoms with Gasteiger partial charge in [-0.15, -0.1) is 0 Å². The Morgan fingerprint density at radius 2 is 1.61 bits per heavy atom. The molecule has 8 N–H and O–H groups in total. The predicted octanol–water partition coefficient (Wildman–Crippen LogP) is 2.35. The molecule has 22 nitrogen and oxygen atoms in total. The van der Waals surface area contributed by atoms with Gasteiger partial charge in [0.05, 0.1) is 12.2 Å². The number of anilines is 1. The van der Waals surface area contributed by atoms with E-state index in [0.29, 0.717) is 41.5 Å². The molecule has 0 aliphatic carbocycles. The number of carboxylic acid groups (broad SMARTS) is 1. The van der Waals surface area contributed by atoms with Crippen LogP contribution in [-0.4, -0.2) is 151 Å². The molecule has 22 heteroatoms. The van der Waals surface area contributed by atoms with Gasteiger partial charge in [-0.1, -0.05) is 25.3 Å². The number of rotatable bonds is 22. The van der Waals surface area contributed by atoms with Gasteiger partial charge in [-0.2, -0.15) is 0 Å². The van der Waals surface area contributed by atoms with Gasteiger partial charge in [-0.3, -0.25) is 33.7 Å². The van der Waals surface area contributed by atoms with Crippen LogP contribution in [0, 0.1) is 5.92 Å². The molecule has 2 aromatic carbocycles. The molecule has 6 atom stereocenters. The lowest BCUT2D eigenvalue weighted by Gasteiger charge is -2.38. The molecule has 402 valence electrons. The highest BCUT2D eigenvalue weighted by molar-refractivity contribution is 6.15. The molecule has 2 saturated heterocycles. The first kappa shape index (κ1) is 56.8. The number of phenolic OH excluding ortho intramolecular Hbond substituents is 1. The van der Waals surface area contributed by atoms with Crippen molar-refractivity contribution in [2.24, 2.45) is 5.92 Å². The summed E-state index contributed by atoms with van der Waals surface area (Å²) in [5.74, 6) is -4.44. The van der Waals surface area contributed by atoms with Gasteiger partial charge < -0.3 is 60.6 Å². The van der Waals surface area contributed by atoms with E-state index in [1.54, 1.807) is 63.5 Å². The third-order valence-electron chi connectivity index (χ3n) is 12.6. The quantitative estimate of drug-likeness (QED) is 0.0310. The maximum atomic E-state index is 13.5. The summed E-state index contributed by atoms with van der Waals surface area (Å²) >= 11 is 0. The second-order valence-electron chi connectivity index (χ2n) is 19.5. The molecule has 0 unspecified atom stereocenters. The number of aliphatic hydroxyl groups excluding tert-OH is 3. The molecular weight excluding hydrogens is 977 g/mol. The number of piperidine rings is 1. The summed E-state index contributed by atoms with van der Waals surface area (Å²) in [6.07, 6.45) is 3.68. The summed E-state index contributed by atoms with van der Waals surface area (Å²) in [6, 6.07) is 13.0. The van der Waals surface area contributed by atoms with E-state index in [1.807, 2.05) is 15.5 Å². The van der Waals surface area contributed by atoms with Crippen molar-refractivity contribution >= 4 is 59.1 Å². The molecule has 4 heterocycles. The third kappa shape index (κ3) is 16.5. The lowest BCUT2D eigenvalue weighted by molar-refractivity contribution is -0.688.